The van der Waals surface area contributed by atoms with Gasteiger partial charge in [-0.3, -0.25) is 0 Å². The highest BCUT2D eigenvalue weighted by Crippen LogP contribution is 2.38. The summed E-state index contributed by atoms with van der Waals surface area (Å²) in [6.07, 6.45) is -2.73. The number of hydrogen-bond donors (Lipinski definition) is 0. The van der Waals surface area contributed by atoms with Gasteiger partial charge in [-0.05, 0) is 49.5 Å². The van der Waals surface area contributed by atoms with Crippen LogP contribution in [0.3, 0.4) is 0 Å². The Kier molecular flexibility index (Phi) is 5.86. The van der Waals surface area contributed by atoms with Crippen LogP contribution in [0.1, 0.15) is 17.7 Å². The topological polar surface area (TPSA) is 32.3 Å². The van der Waals surface area contributed by atoms with Crippen LogP contribution in [0.25, 0.3) is 11.3 Å². The molecule has 156 valence electrons. The maximum atomic E-state index is 15.6. The number of likely N-dealkylation sites (N-methyl/N-ethyl adjacent to an activating group) is 1. The fourth-order valence-electron chi connectivity index (χ4n) is 3.48. The summed E-state index contributed by atoms with van der Waals surface area (Å²) >= 11 is 12.2. The molecule has 1 aromatic heterocycles. The molecule has 4 rings (SSSR count). The van der Waals surface area contributed by atoms with Gasteiger partial charge >= 0.3 is 0 Å². The highest BCUT2D eigenvalue weighted by atomic mass is 35.5. The van der Waals surface area contributed by atoms with E-state index in [4.69, 9.17) is 23.2 Å². The molecular formula is C21H17Cl2F3N4. The number of benzene rings is 2. The Morgan fingerprint density at radius 2 is 1.77 bits per heavy atom. The molecule has 0 radical (unpaired) electrons. The minimum atomic E-state index is -2.73. The summed E-state index contributed by atoms with van der Waals surface area (Å²) in [5.41, 5.74) is 1.96. The van der Waals surface area contributed by atoms with Crippen LogP contribution in [-0.4, -0.2) is 35.2 Å². The van der Waals surface area contributed by atoms with Gasteiger partial charge in [-0.15, -0.1) is 10.2 Å². The smallest absolute Gasteiger partial charge is 0.282 e. The lowest BCUT2D eigenvalue weighted by Crippen LogP contribution is -2.26. The lowest BCUT2D eigenvalue weighted by atomic mass is 10.0. The van der Waals surface area contributed by atoms with Crippen molar-refractivity contribution in [3.05, 3.63) is 69.6 Å². The molecule has 1 aliphatic rings. The third-order valence-electron chi connectivity index (χ3n) is 5.04. The molecule has 2 aromatic carbocycles. The lowest BCUT2D eigenvalue weighted by molar-refractivity contribution is 0.145. The standard InChI is InChI=1S/C21H17Cl2F3N4/c1-29-8-9-30(12-2-4-15(22)16(23)10-12)19-7-3-13(20(24)14(19)11-29)17-5-6-18(21(25)26)28-27-17/h2-7,10,21H,8-9,11H2,1H3. The highest BCUT2D eigenvalue weighted by molar-refractivity contribution is 6.42. The van der Waals surface area contributed by atoms with E-state index in [0.29, 0.717) is 40.9 Å². The van der Waals surface area contributed by atoms with E-state index < -0.39 is 17.9 Å². The summed E-state index contributed by atoms with van der Waals surface area (Å²) in [5.74, 6) is -0.453. The summed E-state index contributed by atoms with van der Waals surface area (Å²) in [6.45, 7) is 1.71. The number of rotatable bonds is 3. The number of aromatic nitrogens is 2. The van der Waals surface area contributed by atoms with Crippen LogP contribution in [0.15, 0.2) is 42.5 Å². The second-order valence-electron chi connectivity index (χ2n) is 7.06. The first-order valence-corrected chi connectivity index (χ1v) is 9.95. The summed E-state index contributed by atoms with van der Waals surface area (Å²) in [5, 5.41) is 8.16. The first-order chi connectivity index (χ1) is 14.3. The van der Waals surface area contributed by atoms with Gasteiger partial charge in [0.1, 0.15) is 11.5 Å². The Balaban J connectivity index is 1.80. The van der Waals surface area contributed by atoms with E-state index in [0.717, 1.165) is 11.8 Å². The molecule has 0 spiro atoms. The molecule has 0 bridgehead atoms. The van der Waals surface area contributed by atoms with Crippen molar-refractivity contribution >= 4 is 34.6 Å². The second kappa shape index (κ2) is 8.41. The predicted octanol–water partition coefficient (Wildman–Crippen LogP) is 6.11. The first-order valence-electron chi connectivity index (χ1n) is 9.20. The van der Waals surface area contributed by atoms with Crippen LogP contribution < -0.4 is 4.90 Å². The van der Waals surface area contributed by atoms with Gasteiger partial charge in [-0.1, -0.05) is 23.2 Å². The average Bonchev–Trinajstić information content (AvgIpc) is 2.90. The van der Waals surface area contributed by atoms with Crippen LogP contribution in [0, 0.1) is 5.82 Å². The van der Waals surface area contributed by atoms with Crippen LogP contribution in [0.2, 0.25) is 10.0 Å². The third kappa shape index (κ3) is 3.97. The highest BCUT2D eigenvalue weighted by Gasteiger charge is 2.25. The molecule has 0 amide bonds. The van der Waals surface area contributed by atoms with Crippen molar-refractivity contribution in [1.82, 2.24) is 15.1 Å². The Labute approximate surface area is 181 Å². The molecule has 9 heteroatoms. The molecular weight excluding hydrogens is 436 g/mol. The SMILES string of the molecule is CN1CCN(c2ccc(Cl)c(Cl)c2)c2ccc(-c3ccc(C(F)F)nn3)c(F)c2C1. The molecule has 0 aliphatic carbocycles. The monoisotopic (exact) mass is 452 g/mol. The number of alkyl halides is 2. The molecule has 0 saturated carbocycles. The van der Waals surface area contributed by atoms with Gasteiger partial charge in [0.2, 0.25) is 0 Å². The van der Waals surface area contributed by atoms with E-state index in [-0.39, 0.29) is 11.3 Å². The van der Waals surface area contributed by atoms with Crippen molar-refractivity contribution in [2.24, 2.45) is 0 Å². The van der Waals surface area contributed by atoms with Crippen molar-refractivity contribution in [1.29, 1.82) is 0 Å². The quantitative estimate of drug-likeness (QED) is 0.479. The van der Waals surface area contributed by atoms with Gasteiger partial charge in [0.05, 0.1) is 15.7 Å². The van der Waals surface area contributed by atoms with Crippen LogP contribution >= 0.6 is 23.2 Å². The minimum Gasteiger partial charge on any atom is -0.340 e. The second-order valence-corrected chi connectivity index (χ2v) is 7.87. The van der Waals surface area contributed by atoms with Crippen molar-refractivity contribution in [2.75, 3.05) is 25.0 Å². The molecule has 0 saturated heterocycles. The lowest BCUT2D eigenvalue weighted by Gasteiger charge is -2.26. The summed E-state index contributed by atoms with van der Waals surface area (Å²) in [7, 11) is 1.91. The molecule has 0 fully saturated rings. The zero-order valence-electron chi connectivity index (χ0n) is 15.9. The van der Waals surface area contributed by atoms with E-state index >= 15 is 4.39 Å². The fraction of sp³-hybridized carbons (Fsp3) is 0.238. The number of anilines is 2. The third-order valence-corrected chi connectivity index (χ3v) is 5.78. The Morgan fingerprint density at radius 1 is 0.967 bits per heavy atom. The normalized spacial score (nSPS) is 14.7. The average molecular weight is 453 g/mol. The van der Waals surface area contributed by atoms with E-state index in [1.807, 2.05) is 22.9 Å². The van der Waals surface area contributed by atoms with Gasteiger partial charge < -0.3 is 9.80 Å². The number of nitrogens with zero attached hydrogens (tertiary/aromatic N) is 4. The maximum absolute atomic E-state index is 15.6. The zero-order chi connectivity index (χ0) is 21.4. The van der Waals surface area contributed by atoms with E-state index in [2.05, 4.69) is 10.2 Å². The molecule has 2 heterocycles. The molecule has 4 nitrogen and oxygen atoms in total. The summed E-state index contributed by atoms with van der Waals surface area (Å²) in [4.78, 5) is 3.99. The first kappa shape index (κ1) is 20.9. The molecule has 30 heavy (non-hydrogen) atoms. The van der Waals surface area contributed by atoms with E-state index in [9.17, 15) is 8.78 Å². The molecule has 0 N–H and O–H groups in total. The van der Waals surface area contributed by atoms with Gasteiger partial charge in [-0.2, -0.15) is 0 Å². The van der Waals surface area contributed by atoms with E-state index in [1.165, 1.54) is 6.07 Å². The fourth-order valence-corrected chi connectivity index (χ4v) is 3.77. The Bertz CT molecular complexity index is 1080. The Hall–Kier alpha value is -2.35. The number of halogens is 5. The minimum absolute atomic E-state index is 0.202. The van der Waals surface area contributed by atoms with Crippen molar-refractivity contribution in [2.45, 2.75) is 13.0 Å². The maximum Gasteiger partial charge on any atom is 0.282 e. The van der Waals surface area contributed by atoms with Crippen LogP contribution in [0.5, 0.6) is 0 Å². The van der Waals surface area contributed by atoms with E-state index in [1.54, 1.807) is 24.3 Å². The summed E-state index contributed by atoms with van der Waals surface area (Å²) in [6, 6.07) is 11.2. The zero-order valence-corrected chi connectivity index (χ0v) is 17.4. The number of hydrogen-bond acceptors (Lipinski definition) is 4. The van der Waals surface area contributed by atoms with Crippen molar-refractivity contribution < 1.29 is 13.2 Å². The molecule has 0 unspecified atom stereocenters. The predicted molar refractivity (Wildman–Crippen MR) is 112 cm³/mol. The molecule has 1 aliphatic heterocycles. The van der Waals surface area contributed by atoms with Crippen molar-refractivity contribution in [3.8, 4) is 11.3 Å². The summed E-state index contributed by atoms with van der Waals surface area (Å²) < 4.78 is 41.1. The van der Waals surface area contributed by atoms with Crippen LogP contribution in [0.4, 0.5) is 24.5 Å². The largest absolute Gasteiger partial charge is 0.340 e. The van der Waals surface area contributed by atoms with Gasteiger partial charge in [0, 0.05) is 42.1 Å². The van der Waals surface area contributed by atoms with Crippen molar-refractivity contribution in [3.63, 3.8) is 0 Å². The Morgan fingerprint density at radius 3 is 2.43 bits per heavy atom. The molecule has 3 aromatic rings. The van der Waals surface area contributed by atoms with Gasteiger partial charge in [-0.25, -0.2) is 13.2 Å². The van der Waals surface area contributed by atoms with Gasteiger partial charge in [0.25, 0.3) is 6.43 Å². The molecule has 0 atom stereocenters. The van der Waals surface area contributed by atoms with Gasteiger partial charge in [0.15, 0.2) is 0 Å². The van der Waals surface area contributed by atoms with Crippen LogP contribution in [-0.2, 0) is 6.54 Å². The number of fused-ring (bicyclic) bond motifs is 1.